The lowest BCUT2D eigenvalue weighted by molar-refractivity contribution is 0.670. The Morgan fingerprint density at radius 3 is 2.03 bits per heavy atom. The summed E-state index contributed by atoms with van der Waals surface area (Å²) in [5.74, 6) is 0. The second-order valence-corrected chi connectivity index (χ2v) is 11.2. The fourth-order valence-corrected chi connectivity index (χ4v) is 7.37. The fraction of sp³-hybridized carbons (Fsp3) is 0. The van der Waals surface area contributed by atoms with Gasteiger partial charge in [0, 0.05) is 53.0 Å². The lowest BCUT2D eigenvalue weighted by Gasteiger charge is -2.08. The number of hydrogen-bond donors (Lipinski definition) is 0. The molecule has 182 valence electrons. The number of fused-ring (bicyclic) bond motifs is 9. The summed E-state index contributed by atoms with van der Waals surface area (Å²) >= 11 is 1.86. The Labute approximate surface area is 227 Å². The summed E-state index contributed by atoms with van der Waals surface area (Å²) in [7, 11) is 0. The number of benzene rings is 6. The number of hydrogen-bond acceptors (Lipinski definition) is 2. The minimum atomic E-state index is 0.930. The number of furan rings is 1. The summed E-state index contributed by atoms with van der Waals surface area (Å²) < 4.78 is 11.3. The topological polar surface area (TPSA) is 18.1 Å². The Bertz CT molecular complexity index is 2350. The van der Waals surface area contributed by atoms with Crippen molar-refractivity contribution in [2.75, 3.05) is 0 Å². The lowest BCUT2D eigenvalue weighted by atomic mass is 10.0. The molecule has 0 amide bonds. The van der Waals surface area contributed by atoms with Gasteiger partial charge < -0.3 is 8.98 Å². The zero-order chi connectivity index (χ0) is 25.5. The average molecular weight is 516 g/mol. The number of para-hydroxylation sites is 4. The fourth-order valence-electron chi connectivity index (χ4n) is 6.25. The predicted molar refractivity (Wildman–Crippen MR) is 166 cm³/mol. The van der Waals surface area contributed by atoms with E-state index in [2.05, 4.69) is 120 Å². The van der Waals surface area contributed by atoms with E-state index in [9.17, 15) is 0 Å². The minimum absolute atomic E-state index is 0.930. The Morgan fingerprint density at radius 1 is 0.487 bits per heavy atom. The van der Waals surface area contributed by atoms with Crippen LogP contribution in [-0.4, -0.2) is 4.57 Å². The van der Waals surface area contributed by atoms with E-state index in [1.807, 2.05) is 23.5 Å². The number of aromatic nitrogens is 1. The number of nitrogens with zero attached hydrogens (tertiary/aromatic N) is 1. The molecule has 0 unspecified atom stereocenters. The van der Waals surface area contributed by atoms with E-state index in [-0.39, 0.29) is 0 Å². The van der Waals surface area contributed by atoms with Crippen molar-refractivity contribution in [2.24, 2.45) is 0 Å². The first kappa shape index (κ1) is 21.1. The third-order valence-electron chi connectivity index (χ3n) is 8.01. The molecule has 0 spiro atoms. The van der Waals surface area contributed by atoms with E-state index < -0.39 is 0 Å². The van der Waals surface area contributed by atoms with Crippen LogP contribution in [-0.2, 0) is 0 Å². The highest BCUT2D eigenvalue weighted by molar-refractivity contribution is 7.25. The highest BCUT2D eigenvalue weighted by Gasteiger charge is 2.15. The molecule has 3 heteroatoms. The lowest BCUT2D eigenvalue weighted by Crippen LogP contribution is -1.92. The van der Waals surface area contributed by atoms with Crippen LogP contribution in [0.1, 0.15) is 0 Å². The summed E-state index contributed by atoms with van der Waals surface area (Å²) in [4.78, 5) is 0. The maximum absolute atomic E-state index is 6.35. The van der Waals surface area contributed by atoms with Crippen molar-refractivity contribution < 1.29 is 4.42 Å². The van der Waals surface area contributed by atoms with Crippen LogP contribution in [0.15, 0.2) is 132 Å². The molecule has 0 saturated carbocycles. The van der Waals surface area contributed by atoms with Gasteiger partial charge in [-0.3, -0.25) is 0 Å². The van der Waals surface area contributed by atoms with Gasteiger partial charge in [-0.15, -0.1) is 11.3 Å². The molecule has 6 aromatic carbocycles. The van der Waals surface area contributed by atoms with Crippen LogP contribution < -0.4 is 0 Å². The van der Waals surface area contributed by atoms with Crippen LogP contribution in [0, 0.1) is 0 Å². The summed E-state index contributed by atoms with van der Waals surface area (Å²) in [5, 5.41) is 7.47. The molecule has 9 rings (SSSR count). The second-order valence-electron chi connectivity index (χ2n) is 10.1. The average Bonchev–Trinajstić information content (AvgIpc) is 3.66. The smallest absolute Gasteiger partial charge is 0.143 e. The predicted octanol–water partition coefficient (Wildman–Crippen LogP) is 10.7. The number of thiophene rings is 1. The molecule has 2 nitrogen and oxygen atoms in total. The van der Waals surface area contributed by atoms with E-state index in [4.69, 9.17) is 4.42 Å². The zero-order valence-corrected chi connectivity index (χ0v) is 21.7. The van der Waals surface area contributed by atoms with Gasteiger partial charge in [0.2, 0.25) is 0 Å². The van der Waals surface area contributed by atoms with Crippen molar-refractivity contribution >= 4 is 75.3 Å². The molecule has 0 fully saturated rings. The van der Waals surface area contributed by atoms with Crippen molar-refractivity contribution in [3.63, 3.8) is 0 Å². The Hall–Kier alpha value is -4.86. The molecule has 9 aromatic rings. The standard InChI is InChI=1S/C36H21NOS/c1-4-13-31-25(8-1)26-9-2-5-14-32(26)37(31)23-17-18-28-30-20-22(16-19-34(30)39-35(28)21-23)24-11-7-12-29-27-10-3-6-15-33(27)38-36(24)29/h1-21H. The van der Waals surface area contributed by atoms with Crippen molar-refractivity contribution in [2.45, 2.75) is 0 Å². The van der Waals surface area contributed by atoms with Gasteiger partial charge in [0.1, 0.15) is 11.2 Å². The molecule has 0 aliphatic rings. The van der Waals surface area contributed by atoms with Gasteiger partial charge >= 0.3 is 0 Å². The van der Waals surface area contributed by atoms with E-state index in [0.29, 0.717) is 0 Å². The van der Waals surface area contributed by atoms with Gasteiger partial charge in [0.25, 0.3) is 0 Å². The Balaban J connectivity index is 1.25. The third-order valence-corrected chi connectivity index (χ3v) is 9.14. The zero-order valence-electron chi connectivity index (χ0n) is 20.9. The van der Waals surface area contributed by atoms with Crippen molar-refractivity contribution in [3.8, 4) is 16.8 Å². The summed E-state index contributed by atoms with van der Waals surface area (Å²) in [6.07, 6.45) is 0. The normalized spacial score (nSPS) is 12.1. The Kier molecular flexibility index (Phi) is 4.24. The van der Waals surface area contributed by atoms with Crippen LogP contribution >= 0.6 is 11.3 Å². The molecular formula is C36H21NOS. The molecule has 0 bridgehead atoms. The molecule has 39 heavy (non-hydrogen) atoms. The first-order valence-corrected chi connectivity index (χ1v) is 14.0. The summed E-state index contributed by atoms with van der Waals surface area (Å²) in [5.41, 5.74) is 7.86. The summed E-state index contributed by atoms with van der Waals surface area (Å²) in [6.45, 7) is 0. The van der Waals surface area contributed by atoms with E-state index >= 15 is 0 Å². The molecular weight excluding hydrogens is 494 g/mol. The van der Waals surface area contributed by atoms with E-state index in [1.54, 1.807) is 0 Å². The van der Waals surface area contributed by atoms with Gasteiger partial charge in [-0.05, 0) is 48.0 Å². The highest BCUT2D eigenvalue weighted by Crippen LogP contribution is 2.41. The third kappa shape index (κ3) is 2.96. The van der Waals surface area contributed by atoms with Crippen molar-refractivity contribution in [1.29, 1.82) is 0 Å². The maximum atomic E-state index is 6.35. The largest absolute Gasteiger partial charge is 0.455 e. The molecule has 0 radical (unpaired) electrons. The van der Waals surface area contributed by atoms with Gasteiger partial charge in [0.15, 0.2) is 0 Å². The van der Waals surface area contributed by atoms with Crippen molar-refractivity contribution in [1.82, 2.24) is 4.57 Å². The molecule has 0 aliphatic heterocycles. The molecule has 0 atom stereocenters. The SMILES string of the molecule is c1ccc2c(c1)oc1c(-c3ccc4sc5cc(-n6c7ccccc7c7ccccc76)ccc5c4c3)cccc12. The monoisotopic (exact) mass is 515 g/mol. The molecule has 0 saturated heterocycles. The molecule has 0 aliphatic carbocycles. The van der Waals surface area contributed by atoms with Gasteiger partial charge in [-0.25, -0.2) is 0 Å². The van der Waals surface area contributed by atoms with Crippen LogP contribution in [0.5, 0.6) is 0 Å². The quantitative estimate of drug-likeness (QED) is 0.224. The van der Waals surface area contributed by atoms with E-state index in [0.717, 1.165) is 27.5 Å². The van der Waals surface area contributed by atoms with Crippen LogP contribution in [0.25, 0.3) is 80.7 Å². The number of rotatable bonds is 2. The highest BCUT2D eigenvalue weighted by atomic mass is 32.1. The van der Waals surface area contributed by atoms with Gasteiger partial charge in [-0.1, -0.05) is 84.9 Å². The molecule has 0 N–H and O–H groups in total. The first-order valence-electron chi connectivity index (χ1n) is 13.2. The van der Waals surface area contributed by atoms with Gasteiger partial charge in [-0.2, -0.15) is 0 Å². The van der Waals surface area contributed by atoms with E-state index in [1.165, 1.54) is 53.2 Å². The first-order chi connectivity index (χ1) is 19.3. The second kappa shape index (κ2) is 7.83. The maximum Gasteiger partial charge on any atom is 0.143 e. The van der Waals surface area contributed by atoms with Gasteiger partial charge in [0.05, 0.1) is 11.0 Å². The van der Waals surface area contributed by atoms with Crippen LogP contribution in [0.3, 0.4) is 0 Å². The summed E-state index contributed by atoms with van der Waals surface area (Å²) in [6, 6.07) is 45.8. The molecule has 3 aromatic heterocycles. The van der Waals surface area contributed by atoms with Crippen LogP contribution in [0.4, 0.5) is 0 Å². The molecule has 3 heterocycles. The minimum Gasteiger partial charge on any atom is -0.455 e. The Morgan fingerprint density at radius 2 is 1.21 bits per heavy atom. The van der Waals surface area contributed by atoms with Crippen LogP contribution in [0.2, 0.25) is 0 Å². The van der Waals surface area contributed by atoms with Crippen molar-refractivity contribution in [3.05, 3.63) is 127 Å².